The van der Waals surface area contributed by atoms with Gasteiger partial charge >= 0.3 is 0 Å². The summed E-state index contributed by atoms with van der Waals surface area (Å²) in [5.74, 6) is 0.335. The van der Waals surface area contributed by atoms with Gasteiger partial charge < -0.3 is 9.84 Å². The van der Waals surface area contributed by atoms with E-state index in [2.05, 4.69) is 0 Å². The summed E-state index contributed by atoms with van der Waals surface area (Å²) in [6, 6.07) is 4.36. The summed E-state index contributed by atoms with van der Waals surface area (Å²) in [5, 5.41) is 8.21. The molecule has 0 aliphatic carbocycles. The van der Waals surface area contributed by atoms with Crippen LogP contribution in [0.1, 0.15) is 18.9 Å². The smallest absolute Gasteiger partial charge is 0.172 e. The Morgan fingerprint density at radius 2 is 2.33 bits per heavy atom. The molecule has 0 spiro atoms. The molecule has 0 saturated carbocycles. The topological polar surface area (TPSA) is 29.5 Å². The maximum Gasteiger partial charge on any atom is 0.172 e. The van der Waals surface area contributed by atoms with Crippen LogP contribution >= 0.6 is 11.6 Å². The van der Waals surface area contributed by atoms with Crippen LogP contribution in [0.25, 0.3) is 0 Å². The first-order valence-electron chi connectivity index (χ1n) is 4.83. The van der Waals surface area contributed by atoms with E-state index in [1.54, 1.807) is 6.07 Å². The molecule has 15 heavy (non-hydrogen) atoms. The Labute approximate surface area is 92.6 Å². The summed E-state index contributed by atoms with van der Waals surface area (Å²) in [7, 11) is 0. The van der Waals surface area contributed by atoms with Crippen molar-refractivity contribution < 1.29 is 14.2 Å². The van der Waals surface area contributed by atoms with Crippen LogP contribution in [0.2, 0.25) is 0 Å². The van der Waals surface area contributed by atoms with Gasteiger partial charge in [0.2, 0.25) is 0 Å². The minimum absolute atomic E-state index is 0.270. The van der Waals surface area contributed by atoms with E-state index >= 15 is 0 Å². The molecule has 1 N–H and O–H groups in total. The van der Waals surface area contributed by atoms with E-state index in [4.69, 9.17) is 16.3 Å². The van der Waals surface area contributed by atoms with Crippen molar-refractivity contribution >= 4 is 11.6 Å². The molecule has 1 aliphatic rings. The molecule has 1 aromatic rings. The molecule has 0 aromatic heterocycles. The Morgan fingerprint density at radius 3 is 3.00 bits per heavy atom. The van der Waals surface area contributed by atoms with E-state index in [-0.39, 0.29) is 5.82 Å². The first kappa shape index (κ1) is 10.7. The predicted octanol–water partition coefficient (Wildman–Crippen LogP) is 2.47. The maximum absolute atomic E-state index is 12.9. The molecule has 0 saturated heterocycles. The quantitative estimate of drug-likeness (QED) is 0.751. The van der Waals surface area contributed by atoms with Gasteiger partial charge in [0, 0.05) is 0 Å². The number of aryl methyl sites for hydroxylation is 1. The van der Waals surface area contributed by atoms with E-state index in [1.165, 1.54) is 19.1 Å². The highest BCUT2D eigenvalue weighted by Gasteiger charge is 2.34. The summed E-state index contributed by atoms with van der Waals surface area (Å²) in [6.45, 7) is 1.49. The van der Waals surface area contributed by atoms with Crippen LogP contribution in [-0.4, -0.2) is 16.3 Å². The van der Waals surface area contributed by atoms with Crippen LogP contribution in [-0.2, 0) is 6.42 Å². The van der Waals surface area contributed by atoms with E-state index in [1.807, 2.05) is 0 Å². The second-order valence-electron chi connectivity index (χ2n) is 3.92. The average molecular weight is 231 g/mol. The number of ether oxygens (including phenoxy) is 1. The van der Waals surface area contributed by atoms with Crippen LogP contribution in [0.15, 0.2) is 18.2 Å². The Morgan fingerprint density at radius 1 is 1.60 bits per heavy atom. The lowest BCUT2D eigenvalue weighted by Gasteiger charge is -2.32. The minimum atomic E-state index is -1.38. The molecule has 4 heteroatoms. The van der Waals surface area contributed by atoms with Crippen molar-refractivity contribution in [3.8, 4) is 5.75 Å². The fraction of sp³-hybridized carbons (Fsp3) is 0.455. The third-order valence-corrected chi connectivity index (χ3v) is 2.80. The van der Waals surface area contributed by atoms with Crippen LogP contribution in [0.5, 0.6) is 5.75 Å². The molecule has 0 radical (unpaired) electrons. The van der Waals surface area contributed by atoms with Crippen LogP contribution in [0, 0.1) is 5.82 Å². The molecule has 2 atom stereocenters. The number of halogens is 2. The zero-order chi connectivity index (χ0) is 11.1. The lowest BCUT2D eigenvalue weighted by molar-refractivity contribution is 0.00456. The zero-order valence-corrected chi connectivity index (χ0v) is 9.09. The Hall–Kier alpha value is -0.800. The predicted molar refractivity (Wildman–Crippen MR) is 55.6 cm³/mol. The normalized spacial score (nSPS) is 23.9. The van der Waals surface area contributed by atoms with Crippen molar-refractivity contribution in [2.75, 3.05) is 0 Å². The summed E-state index contributed by atoms with van der Waals surface area (Å²) in [6.07, 6.45) is 0.810. The van der Waals surface area contributed by atoms with Gasteiger partial charge in [-0.15, -0.1) is 0 Å². The van der Waals surface area contributed by atoms with Crippen LogP contribution < -0.4 is 4.74 Å². The molecule has 0 amide bonds. The molecule has 0 bridgehead atoms. The highest BCUT2D eigenvalue weighted by atomic mass is 35.5. The van der Waals surface area contributed by atoms with Gasteiger partial charge in [0.05, 0.1) is 0 Å². The first-order chi connectivity index (χ1) is 6.97. The minimum Gasteiger partial charge on any atom is -0.486 e. The second kappa shape index (κ2) is 3.65. The van der Waals surface area contributed by atoms with Gasteiger partial charge in [-0.05, 0) is 43.5 Å². The van der Waals surface area contributed by atoms with Crippen molar-refractivity contribution in [3.63, 3.8) is 0 Å². The van der Waals surface area contributed by atoms with Crippen molar-refractivity contribution in [2.45, 2.75) is 30.9 Å². The Kier molecular flexibility index (Phi) is 2.61. The Bertz CT molecular complexity index is 373. The summed E-state index contributed by atoms with van der Waals surface area (Å²) >= 11 is 5.77. The number of fused-ring (bicyclic) bond motifs is 1. The van der Waals surface area contributed by atoms with Crippen molar-refractivity contribution in [1.29, 1.82) is 0 Å². The molecular formula is C11H12ClFO2. The van der Waals surface area contributed by atoms with Gasteiger partial charge in [-0.25, -0.2) is 4.39 Å². The second-order valence-corrected chi connectivity index (χ2v) is 4.69. The number of aliphatic hydroxyl groups is 1. The first-order valence-corrected chi connectivity index (χ1v) is 5.21. The SMILES string of the molecule is CC(O)(Cl)[C@H]1CCc2cc(F)ccc2O1. The number of rotatable bonds is 1. The van der Waals surface area contributed by atoms with Gasteiger partial charge in [-0.1, -0.05) is 11.6 Å². The van der Waals surface area contributed by atoms with Crippen LogP contribution in [0.3, 0.4) is 0 Å². The van der Waals surface area contributed by atoms with Gasteiger partial charge in [0.15, 0.2) is 5.06 Å². The molecule has 1 aliphatic heterocycles. The van der Waals surface area contributed by atoms with E-state index in [0.717, 1.165) is 5.56 Å². The molecule has 1 heterocycles. The summed E-state index contributed by atoms with van der Waals surface area (Å²) in [5.41, 5.74) is 0.826. The molecule has 2 nitrogen and oxygen atoms in total. The maximum atomic E-state index is 12.9. The lowest BCUT2D eigenvalue weighted by atomic mass is 9.99. The highest BCUT2D eigenvalue weighted by Crippen LogP contribution is 2.33. The molecule has 0 fully saturated rings. The van der Waals surface area contributed by atoms with Crippen LogP contribution in [0.4, 0.5) is 4.39 Å². The average Bonchev–Trinajstić information content (AvgIpc) is 2.15. The van der Waals surface area contributed by atoms with Gasteiger partial charge in [0.25, 0.3) is 0 Å². The standard InChI is InChI=1S/C11H12ClFO2/c1-11(12,14)10-5-2-7-6-8(13)3-4-9(7)15-10/h3-4,6,10,14H,2,5H2,1H3/t10-,11?/m1/s1. The molecule has 1 aromatic carbocycles. The molecule has 82 valence electrons. The van der Waals surface area contributed by atoms with E-state index < -0.39 is 11.2 Å². The number of hydrogen-bond donors (Lipinski definition) is 1. The fourth-order valence-corrected chi connectivity index (χ4v) is 1.88. The fourth-order valence-electron chi connectivity index (χ4n) is 1.73. The Balaban J connectivity index is 2.24. The number of hydrogen-bond acceptors (Lipinski definition) is 2. The largest absolute Gasteiger partial charge is 0.486 e. The number of alkyl halides is 1. The van der Waals surface area contributed by atoms with Gasteiger partial charge in [-0.3, -0.25) is 0 Å². The van der Waals surface area contributed by atoms with Gasteiger partial charge in [0.1, 0.15) is 17.7 Å². The van der Waals surface area contributed by atoms with Crippen molar-refractivity contribution in [3.05, 3.63) is 29.6 Å². The molecule has 2 rings (SSSR count). The van der Waals surface area contributed by atoms with Crippen molar-refractivity contribution in [1.82, 2.24) is 0 Å². The lowest BCUT2D eigenvalue weighted by Crippen LogP contribution is -2.40. The van der Waals surface area contributed by atoms with E-state index in [9.17, 15) is 9.50 Å². The summed E-state index contributed by atoms with van der Waals surface area (Å²) in [4.78, 5) is 0. The third-order valence-electron chi connectivity index (χ3n) is 2.56. The van der Waals surface area contributed by atoms with Crippen molar-refractivity contribution in [2.24, 2.45) is 0 Å². The summed E-state index contributed by atoms with van der Waals surface area (Å²) < 4.78 is 18.4. The number of benzene rings is 1. The third kappa shape index (κ3) is 2.24. The molecular weight excluding hydrogens is 219 g/mol. The molecule has 1 unspecified atom stereocenters. The highest BCUT2D eigenvalue weighted by molar-refractivity contribution is 6.22. The van der Waals surface area contributed by atoms with Gasteiger partial charge in [-0.2, -0.15) is 0 Å². The zero-order valence-electron chi connectivity index (χ0n) is 8.34. The monoisotopic (exact) mass is 230 g/mol. The van der Waals surface area contributed by atoms with E-state index in [0.29, 0.717) is 18.6 Å².